The first-order chi connectivity index (χ1) is 11.2. The van der Waals surface area contributed by atoms with Crippen LogP contribution in [0.15, 0.2) is 30.5 Å². The first-order valence-electron chi connectivity index (χ1n) is 7.37. The van der Waals surface area contributed by atoms with Crippen molar-refractivity contribution in [2.75, 3.05) is 26.2 Å². The van der Waals surface area contributed by atoms with Crippen molar-refractivity contribution in [2.24, 2.45) is 0 Å². The minimum Gasteiger partial charge on any atom is -0.417 e. The molecule has 8 heteroatoms. The van der Waals surface area contributed by atoms with Gasteiger partial charge in [0.15, 0.2) is 0 Å². The third kappa shape index (κ3) is 4.40. The van der Waals surface area contributed by atoms with Crippen molar-refractivity contribution >= 4 is 0 Å². The number of alkyl halides is 2. The largest absolute Gasteiger partial charge is 0.417 e. The predicted molar refractivity (Wildman–Crippen MR) is 80.0 cm³/mol. The highest BCUT2D eigenvalue weighted by atomic mass is 19.3. The Bertz CT molecular complexity index is 615. The highest BCUT2D eigenvalue weighted by molar-refractivity contribution is 5.57. The van der Waals surface area contributed by atoms with Crippen LogP contribution in [-0.4, -0.2) is 52.9 Å². The highest BCUT2D eigenvalue weighted by Gasteiger charge is 2.11. The van der Waals surface area contributed by atoms with E-state index in [-0.39, 0.29) is 5.88 Å². The first kappa shape index (κ1) is 15.7. The zero-order valence-corrected chi connectivity index (χ0v) is 12.5. The Kier molecular flexibility index (Phi) is 5.04. The van der Waals surface area contributed by atoms with Gasteiger partial charge in [-0.05, 0) is 18.2 Å². The maximum absolute atomic E-state index is 12.1. The molecule has 23 heavy (non-hydrogen) atoms. The lowest BCUT2D eigenvalue weighted by Crippen LogP contribution is -2.43. The normalized spacial score (nSPS) is 15.8. The number of pyridine rings is 1. The number of nitrogens with one attached hydrogen (secondary N) is 1. The second-order valence-electron chi connectivity index (χ2n) is 5.20. The number of aromatic nitrogens is 3. The quantitative estimate of drug-likeness (QED) is 0.901. The molecule has 0 aromatic carbocycles. The van der Waals surface area contributed by atoms with Crippen molar-refractivity contribution in [3.8, 4) is 17.1 Å². The van der Waals surface area contributed by atoms with Crippen molar-refractivity contribution in [3.63, 3.8) is 0 Å². The molecule has 0 amide bonds. The van der Waals surface area contributed by atoms with Crippen LogP contribution in [0.25, 0.3) is 11.3 Å². The molecule has 6 nitrogen and oxygen atoms in total. The van der Waals surface area contributed by atoms with Crippen molar-refractivity contribution in [1.82, 2.24) is 25.4 Å². The van der Waals surface area contributed by atoms with E-state index < -0.39 is 6.61 Å². The molecule has 0 aliphatic carbocycles. The number of ether oxygens (including phenoxy) is 1. The molecule has 0 saturated carbocycles. The van der Waals surface area contributed by atoms with Crippen LogP contribution in [0, 0.1) is 0 Å². The van der Waals surface area contributed by atoms with Gasteiger partial charge in [0.2, 0.25) is 5.88 Å². The fourth-order valence-electron chi connectivity index (χ4n) is 2.39. The summed E-state index contributed by atoms with van der Waals surface area (Å²) in [7, 11) is 0. The van der Waals surface area contributed by atoms with Crippen LogP contribution in [0.2, 0.25) is 0 Å². The summed E-state index contributed by atoms with van der Waals surface area (Å²) in [5.41, 5.74) is 2.25. The second-order valence-corrected chi connectivity index (χ2v) is 5.20. The Morgan fingerprint density at radius 3 is 2.57 bits per heavy atom. The van der Waals surface area contributed by atoms with E-state index in [1.165, 1.54) is 12.3 Å². The van der Waals surface area contributed by atoms with E-state index in [4.69, 9.17) is 0 Å². The number of rotatable bonds is 5. The van der Waals surface area contributed by atoms with E-state index in [1.54, 1.807) is 6.07 Å². The summed E-state index contributed by atoms with van der Waals surface area (Å²) < 4.78 is 28.4. The predicted octanol–water partition coefficient (Wildman–Crippen LogP) is 1.55. The number of nitrogens with zero attached hydrogens (tertiary/aromatic N) is 4. The number of hydrogen-bond donors (Lipinski definition) is 1. The summed E-state index contributed by atoms with van der Waals surface area (Å²) in [6.45, 7) is 1.87. The zero-order chi connectivity index (χ0) is 16.1. The van der Waals surface area contributed by atoms with E-state index in [9.17, 15) is 8.78 Å². The van der Waals surface area contributed by atoms with Gasteiger partial charge in [-0.25, -0.2) is 4.98 Å². The molecule has 1 N–H and O–H groups in total. The van der Waals surface area contributed by atoms with Crippen LogP contribution >= 0.6 is 0 Å². The molecule has 0 unspecified atom stereocenters. The van der Waals surface area contributed by atoms with Crippen LogP contribution in [0.5, 0.6) is 5.88 Å². The van der Waals surface area contributed by atoms with Crippen molar-refractivity contribution in [2.45, 2.75) is 13.2 Å². The summed E-state index contributed by atoms with van der Waals surface area (Å²) in [6.07, 6.45) is 1.44. The Balaban J connectivity index is 1.64. The maximum atomic E-state index is 12.1. The van der Waals surface area contributed by atoms with Crippen LogP contribution in [-0.2, 0) is 6.54 Å². The third-order valence-electron chi connectivity index (χ3n) is 3.56. The maximum Gasteiger partial charge on any atom is 0.388 e. The second kappa shape index (κ2) is 7.38. The fourth-order valence-corrected chi connectivity index (χ4v) is 2.39. The third-order valence-corrected chi connectivity index (χ3v) is 3.56. The van der Waals surface area contributed by atoms with E-state index in [1.807, 2.05) is 12.1 Å². The molecule has 1 aliphatic heterocycles. The molecule has 122 valence electrons. The minimum absolute atomic E-state index is 0.118. The topological polar surface area (TPSA) is 63.2 Å². The van der Waals surface area contributed by atoms with E-state index in [0.717, 1.165) is 38.4 Å². The summed E-state index contributed by atoms with van der Waals surface area (Å²) in [6, 6.07) is 6.80. The zero-order valence-electron chi connectivity index (χ0n) is 12.5. The Morgan fingerprint density at radius 1 is 1.13 bits per heavy atom. The molecule has 3 heterocycles. The number of piperazine rings is 1. The fraction of sp³-hybridized carbons (Fsp3) is 0.400. The van der Waals surface area contributed by atoms with Crippen LogP contribution in [0.4, 0.5) is 8.78 Å². The van der Waals surface area contributed by atoms with Gasteiger partial charge in [0.05, 0.1) is 11.4 Å². The van der Waals surface area contributed by atoms with Crippen molar-refractivity contribution in [3.05, 3.63) is 36.2 Å². The molecule has 1 saturated heterocycles. The van der Waals surface area contributed by atoms with Gasteiger partial charge in [-0.1, -0.05) is 0 Å². The smallest absolute Gasteiger partial charge is 0.388 e. The average Bonchev–Trinajstić information content (AvgIpc) is 2.57. The molecule has 1 aliphatic rings. The standard InChI is InChI=1S/C15H17F2N5O/c16-15(17)23-14-4-1-11(9-19-14)13-3-2-12(20-21-13)10-22-7-5-18-6-8-22/h1-4,9,15,18H,5-8,10H2. The van der Waals surface area contributed by atoms with Gasteiger partial charge in [-0.3, -0.25) is 4.90 Å². The Hall–Kier alpha value is -2.19. The van der Waals surface area contributed by atoms with E-state index in [0.29, 0.717) is 11.3 Å². The molecule has 2 aromatic rings. The summed E-state index contributed by atoms with van der Waals surface area (Å²) in [5, 5.41) is 11.7. The lowest BCUT2D eigenvalue weighted by atomic mass is 10.2. The van der Waals surface area contributed by atoms with Gasteiger partial charge >= 0.3 is 6.61 Å². The summed E-state index contributed by atoms with van der Waals surface area (Å²) >= 11 is 0. The van der Waals surface area contributed by atoms with Gasteiger partial charge in [0.25, 0.3) is 0 Å². The van der Waals surface area contributed by atoms with Gasteiger partial charge in [-0.2, -0.15) is 19.0 Å². The minimum atomic E-state index is -2.88. The molecule has 2 aromatic heterocycles. The van der Waals surface area contributed by atoms with Crippen LogP contribution < -0.4 is 10.1 Å². The van der Waals surface area contributed by atoms with E-state index in [2.05, 4.69) is 30.1 Å². The summed E-state index contributed by atoms with van der Waals surface area (Å²) in [4.78, 5) is 6.14. The van der Waals surface area contributed by atoms with Gasteiger partial charge in [0, 0.05) is 50.6 Å². The molecule has 0 radical (unpaired) electrons. The number of hydrogen-bond acceptors (Lipinski definition) is 6. The van der Waals surface area contributed by atoms with Crippen LogP contribution in [0.1, 0.15) is 5.69 Å². The molecular weight excluding hydrogens is 304 g/mol. The monoisotopic (exact) mass is 321 g/mol. The van der Waals surface area contributed by atoms with Gasteiger partial charge < -0.3 is 10.1 Å². The Labute approximate surface area is 132 Å². The average molecular weight is 321 g/mol. The molecule has 1 fully saturated rings. The van der Waals surface area contributed by atoms with Gasteiger partial charge in [-0.15, -0.1) is 0 Å². The highest BCUT2D eigenvalue weighted by Crippen LogP contribution is 2.19. The number of halogens is 2. The molecule has 3 rings (SSSR count). The van der Waals surface area contributed by atoms with Gasteiger partial charge in [0.1, 0.15) is 0 Å². The summed E-state index contributed by atoms with van der Waals surface area (Å²) in [5.74, 6) is -0.118. The van der Waals surface area contributed by atoms with E-state index >= 15 is 0 Å². The lowest BCUT2D eigenvalue weighted by Gasteiger charge is -2.26. The molecule has 0 atom stereocenters. The lowest BCUT2D eigenvalue weighted by molar-refractivity contribution is -0.0528. The Morgan fingerprint density at radius 2 is 1.96 bits per heavy atom. The van der Waals surface area contributed by atoms with Crippen LogP contribution in [0.3, 0.4) is 0 Å². The molecule has 0 bridgehead atoms. The SMILES string of the molecule is FC(F)Oc1ccc(-c2ccc(CN3CCNCC3)nn2)cn1. The van der Waals surface area contributed by atoms with Crippen molar-refractivity contribution < 1.29 is 13.5 Å². The first-order valence-corrected chi connectivity index (χ1v) is 7.37. The molecular formula is C15H17F2N5O. The van der Waals surface area contributed by atoms with Crippen molar-refractivity contribution in [1.29, 1.82) is 0 Å². The molecule has 0 spiro atoms.